The number of likely N-dealkylation sites (tertiary alicyclic amines) is 1. The van der Waals surface area contributed by atoms with Crippen molar-refractivity contribution in [3.05, 3.63) is 66.2 Å². The Morgan fingerprint density at radius 1 is 1.09 bits per heavy atom. The lowest BCUT2D eigenvalue weighted by Crippen LogP contribution is -2.39. The summed E-state index contributed by atoms with van der Waals surface area (Å²) >= 11 is 0. The average molecular weight is 468 g/mol. The van der Waals surface area contributed by atoms with Gasteiger partial charge in [-0.3, -0.25) is 9.10 Å². The number of nitrogens with zero attached hydrogens (tertiary/aromatic N) is 5. The second kappa shape index (κ2) is 8.51. The van der Waals surface area contributed by atoms with Crippen LogP contribution in [0.15, 0.2) is 60.0 Å². The molecule has 2 aromatic carbocycles. The lowest BCUT2D eigenvalue weighted by molar-refractivity contribution is 0.0686. The van der Waals surface area contributed by atoms with Gasteiger partial charge in [0.05, 0.1) is 29.3 Å². The number of ether oxygens (including phenoxy) is 1. The summed E-state index contributed by atoms with van der Waals surface area (Å²) < 4.78 is 35.6. The van der Waals surface area contributed by atoms with E-state index in [-0.39, 0.29) is 22.4 Å². The second-order valence-electron chi connectivity index (χ2n) is 8.22. The molecule has 2 aliphatic heterocycles. The fourth-order valence-electron chi connectivity index (χ4n) is 4.61. The van der Waals surface area contributed by atoms with E-state index in [1.54, 1.807) is 17.3 Å². The number of para-hydroxylation sites is 1. The molecule has 0 N–H and O–H groups in total. The molecule has 0 saturated carbocycles. The molecule has 3 heterocycles. The van der Waals surface area contributed by atoms with E-state index in [4.69, 9.17) is 4.74 Å². The van der Waals surface area contributed by atoms with Gasteiger partial charge >= 0.3 is 0 Å². The number of piperidine rings is 1. The molecule has 33 heavy (non-hydrogen) atoms. The van der Waals surface area contributed by atoms with Crippen molar-refractivity contribution in [2.45, 2.75) is 30.2 Å². The summed E-state index contributed by atoms with van der Waals surface area (Å²) in [6.45, 7) is 1.47. The van der Waals surface area contributed by atoms with Crippen LogP contribution in [0.1, 0.15) is 34.8 Å². The lowest BCUT2D eigenvalue weighted by atomic mass is 10.0. The summed E-state index contributed by atoms with van der Waals surface area (Å²) in [7, 11) is -2.33. The lowest BCUT2D eigenvalue weighted by Gasteiger charge is -2.32. The summed E-state index contributed by atoms with van der Waals surface area (Å²) in [4.78, 5) is 19.2. The van der Waals surface area contributed by atoms with E-state index in [1.165, 1.54) is 29.9 Å². The van der Waals surface area contributed by atoms with Crippen molar-refractivity contribution in [3.63, 3.8) is 0 Å². The number of amides is 1. The Morgan fingerprint density at radius 3 is 2.61 bits per heavy atom. The Kier molecular flexibility index (Phi) is 5.53. The van der Waals surface area contributed by atoms with E-state index in [9.17, 15) is 13.2 Å². The van der Waals surface area contributed by atoms with Gasteiger partial charge in [-0.1, -0.05) is 18.2 Å². The third-order valence-corrected chi connectivity index (χ3v) is 8.21. The van der Waals surface area contributed by atoms with E-state index < -0.39 is 10.0 Å². The summed E-state index contributed by atoms with van der Waals surface area (Å²) in [5.74, 6) is 0.127. The van der Waals surface area contributed by atoms with Crippen LogP contribution < -0.4 is 9.04 Å². The van der Waals surface area contributed by atoms with Gasteiger partial charge in [-0.25, -0.2) is 18.1 Å². The van der Waals surface area contributed by atoms with Crippen molar-refractivity contribution in [3.8, 4) is 5.75 Å². The minimum absolute atomic E-state index is 0.0841. The van der Waals surface area contributed by atoms with Crippen LogP contribution in [-0.2, 0) is 16.4 Å². The zero-order chi connectivity index (χ0) is 23.0. The van der Waals surface area contributed by atoms with Gasteiger partial charge in [-0.05, 0) is 49.1 Å². The van der Waals surface area contributed by atoms with Crippen molar-refractivity contribution in [1.29, 1.82) is 0 Å². The van der Waals surface area contributed by atoms with E-state index >= 15 is 0 Å². The van der Waals surface area contributed by atoms with Crippen LogP contribution in [-0.4, -0.2) is 60.7 Å². The third kappa shape index (κ3) is 3.84. The van der Waals surface area contributed by atoms with Crippen molar-refractivity contribution in [1.82, 2.24) is 19.7 Å². The van der Waals surface area contributed by atoms with Gasteiger partial charge in [-0.15, -0.1) is 0 Å². The molecule has 5 rings (SSSR count). The first-order valence-electron chi connectivity index (χ1n) is 10.9. The number of benzene rings is 2. The molecule has 0 bridgehead atoms. The van der Waals surface area contributed by atoms with Crippen molar-refractivity contribution >= 4 is 21.6 Å². The number of aromatic nitrogens is 3. The van der Waals surface area contributed by atoms with Crippen molar-refractivity contribution in [2.24, 2.45) is 0 Å². The molecule has 0 spiro atoms. The zero-order valence-electron chi connectivity index (χ0n) is 18.3. The van der Waals surface area contributed by atoms with Crippen LogP contribution >= 0.6 is 0 Å². The number of fused-ring (bicyclic) bond motifs is 1. The fraction of sp³-hybridized carbons (Fsp3) is 0.348. The Hall–Kier alpha value is -3.40. The highest BCUT2D eigenvalue weighted by atomic mass is 32.2. The highest BCUT2D eigenvalue weighted by molar-refractivity contribution is 7.92. The van der Waals surface area contributed by atoms with Gasteiger partial charge in [0.2, 0.25) is 0 Å². The Balaban J connectivity index is 1.40. The minimum atomic E-state index is -3.81. The van der Waals surface area contributed by atoms with Crippen LogP contribution in [0.4, 0.5) is 5.69 Å². The number of sulfonamides is 1. The smallest absolute Gasteiger partial charge is 0.264 e. The number of hydrogen-bond acceptors (Lipinski definition) is 6. The van der Waals surface area contributed by atoms with Gasteiger partial charge < -0.3 is 9.64 Å². The minimum Gasteiger partial charge on any atom is -0.496 e. The molecular formula is C23H25N5O4S. The van der Waals surface area contributed by atoms with Crippen LogP contribution in [0.5, 0.6) is 5.75 Å². The highest BCUT2D eigenvalue weighted by Gasteiger charge is 2.33. The maximum Gasteiger partial charge on any atom is 0.264 e. The normalized spacial score (nSPS) is 16.6. The van der Waals surface area contributed by atoms with E-state index in [2.05, 4.69) is 10.1 Å². The molecule has 0 unspecified atom stereocenters. The van der Waals surface area contributed by atoms with Gasteiger partial charge in [0.25, 0.3) is 15.9 Å². The van der Waals surface area contributed by atoms with Crippen LogP contribution in [0, 0.1) is 0 Å². The standard InChI is InChI=1S/C23H25N5O4S/c1-32-22-7-6-19(33(30,31)28-13-8-17-4-2-3-5-21(17)28)14-20(22)23(29)26-11-9-18(10-12-26)27-16-24-15-25-27/h2-7,14-16,18H,8-13H2,1H3. The predicted molar refractivity (Wildman–Crippen MR) is 122 cm³/mol. The number of hydrogen-bond donors (Lipinski definition) is 0. The first-order valence-corrected chi connectivity index (χ1v) is 12.3. The number of rotatable bonds is 5. The number of anilines is 1. The molecule has 0 aliphatic carbocycles. The van der Waals surface area contributed by atoms with Crippen LogP contribution in [0.3, 0.4) is 0 Å². The quantitative estimate of drug-likeness (QED) is 0.572. The largest absolute Gasteiger partial charge is 0.496 e. The first kappa shape index (κ1) is 21.4. The first-order chi connectivity index (χ1) is 16.0. The van der Waals surface area contributed by atoms with Gasteiger partial charge in [-0.2, -0.15) is 5.10 Å². The molecule has 0 atom stereocenters. The molecule has 0 radical (unpaired) electrons. The summed E-state index contributed by atoms with van der Waals surface area (Å²) in [5.41, 5.74) is 1.95. The molecule has 3 aromatic rings. The molecule has 1 fully saturated rings. The zero-order valence-corrected chi connectivity index (χ0v) is 19.1. The maximum absolute atomic E-state index is 13.5. The number of methoxy groups -OCH3 is 1. The number of carbonyl (C=O) groups is 1. The van der Waals surface area contributed by atoms with Gasteiger partial charge in [0, 0.05) is 19.6 Å². The molecule has 1 aromatic heterocycles. The Labute approximate surface area is 192 Å². The maximum atomic E-state index is 13.5. The fourth-order valence-corrected chi connectivity index (χ4v) is 6.14. The average Bonchev–Trinajstić information content (AvgIpc) is 3.54. The predicted octanol–water partition coefficient (Wildman–Crippen LogP) is 2.52. The van der Waals surface area contributed by atoms with Crippen molar-refractivity contribution < 1.29 is 17.9 Å². The molecule has 1 saturated heterocycles. The topological polar surface area (TPSA) is 97.6 Å². The summed E-state index contributed by atoms with van der Waals surface area (Å²) in [6, 6.07) is 12.2. The van der Waals surface area contributed by atoms with E-state index in [1.807, 2.05) is 28.9 Å². The molecule has 172 valence electrons. The SMILES string of the molecule is COc1ccc(S(=O)(=O)N2CCc3ccccc32)cc1C(=O)N1CCC(n2cncn2)CC1. The van der Waals surface area contributed by atoms with Crippen LogP contribution in [0.25, 0.3) is 0 Å². The molecular weight excluding hydrogens is 442 g/mol. The van der Waals surface area contributed by atoms with Crippen molar-refractivity contribution in [2.75, 3.05) is 31.0 Å². The monoisotopic (exact) mass is 467 g/mol. The van der Waals surface area contributed by atoms with E-state index in [0.717, 1.165) is 18.4 Å². The molecule has 10 heteroatoms. The molecule has 9 nitrogen and oxygen atoms in total. The summed E-state index contributed by atoms with van der Waals surface area (Å²) in [5, 5.41) is 4.20. The third-order valence-electron chi connectivity index (χ3n) is 6.40. The Bertz CT molecular complexity index is 1270. The van der Waals surface area contributed by atoms with Gasteiger partial charge in [0.1, 0.15) is 18.4 Å². The van der Waals surface area contributed by atoms with Gasteiger partial charge in [0.15, 0.2) is 0 Å². The number of carbonyl (C=O) groups excluding carboxylic acids is 1. The summed E-state index contributed by atoms with van der Waals surface area (Å²) in [6.07, 6.45) is 5.36. The highest BCUT2D eigenvalue weighted by Crippen LogP contribution is 2.34. The molecule has 2 aliphatic rings. The second-order valence-corrected chi connectivity index (χ2v) is 10.1. The Morgan fingerprint density at radius 2 is 1.88 bits per heavy atom. The van der Waals surface area contributed by atoms with E-state index in [0.29, 0.717) is 37.5 Å². The van der Waals surface area contributed by atoms with Crippen LogP contribution in [0.2, 0.25) is 0 Å². The molecule has 1 amide bonds.